The van der Waals surface area contributed by atoms with Crippen LogP contribution in [0.3, 0.4) is 0 Å². The molecule has 0 aliphatic rings. The highest BCUT2D eigenvalue weighted by atomic mass is 32.2. The minimum Gasteiger partial charge on any atom is -0.497 e. The molecule has 0 aliphatic heterocycles. The summed E-state index contributed by atoms with van der Waals surface area (Å²) in [6.07, 6.45) is 0.955. The van der Waals surface area contributed by atoms with Gasteiger partial charge >= 0.3 is 0 Å². The second-order valence-corrected chi connectivity index (χ2v) is 9.34. The third-order valence-electron chi connectivity index (χ3n) is 5.62. The second kappa shape index (κ2) is 12.4. The van der Waals surface area contributed by atoms with Crippen molar-refractivity contribution in [3.05, 3.63) is 65.5 Å². The summed E-state index contributed by atoms with van der Waals surface area (Å²) in [7, 11) is 1.59. The highest BCUT2D eigenvalue weighted by Crippen LogP contribution is 2.26. The number of ether oxygens (including phenoxy) is 1. The average Bonchev–Trinajstić information content (AvgIpc) is 3.28. The van der Waals surface area contributed by atoms with E-state index in [4.69, 9.17) is 4.74 Å². The van der Waals surface area contributed by atoms with Crippen molar-refractivity contribution in [2.45, 2.75) is 51.9 Å². The van der Waals surface area contributed by atoms with Crippen LogP contribution >= 0.6 is 11.8 Å². The lowest BCUT2D eigenvalue weighted by atomic mass is 10.0. The molecule has 0 bridgehead atoms. The fourth-order valence-corrected chi connectivity index (χ4v) is 4.39. The van der Waals surface area contributed by atoms with Gasteiger partial charge in [0.1, 0.15) is 5.75 Å². The molecule has 1 aromatic heterocycles. The summed E-state index contributed by atoms with van der Waals surface area (Å²) < 4.78 is 7.12. The molecule has 0 saturated carbocycles. The summed E-state index contributed by atoms with van der Waals surface area (Å²) in [4.78, 5) is 25.4. The first kappa shape index (κ1) is 26.3. The van der Waals surface area contributed by atoms with Crippen LogP contribution in [0.15, 0.2) is 53.7 Å². The first-order chi connectivity index (χ1) is 16.9. The average molecular weight is 496 g/mol. The number of benzene rings is 2. The Hall–Kier alpha value is -3.33. The van der Waals surface area contributed by atoms with E-state index in [1.165, 1.54) is 17.3 Å². The number of hydrogen-bond acceptors (Lipinski definition) is 6. The molecule has 3 rings (SSSR count). The lowest BCUT2D eigenvalue weighted by Gasteiger charge is -2.22. The van der Waals surface area contributed by atoms with Gasteiger partial charge in [-0.25, -0.2) is 0 Å². The Morgan fingerprint density at radius 3 is 2.29 bits per heavy atom. The van der Waals surface area contributed by atoms with Crippen LogP contribution in [-0.2, 0) is 17.8 Å². The number of anilines is 1. The fraction of sp³-hybridized carbons (Fsp3) is 0.385. The Kier molecular flexibility index (Phi) is 9.31. The highest BCUT2D eigenvalue weighted by molar-refractivity contribution is 7.99. The summed E-state index contributed by atoms with van der Waals surface area (Å²) in [6.45, 7) is 8.76. The number of rotatable bonds is 11. The molecule has 0 saturated heterocycles. The zero-order valence-electron chi connectivity index (χ0n) is 20.9. The van der Waals surface area contributed by atoms with Gasteiger partial charge in [-0.05, 0) is 61.2 Å². The molecule has 2 aromatic carbocycles. The molecule has 8 nitrogen and oxygen atoms in total. The van der Waals surface area contributed by atoms with E-state index in [0.717, 1.165) is 12.1 Å². The van der Waals surface area contributed by atoms with Crippen molar-refractivity contribution in [2.24, 2.45) is 5.92 Å². The van der Waals surface area contributed by atoms with E-state index in [-0.39, 0.29) is 29.5 Å². The molecule has 1 heterocycles. The Morgan fingerprint density at radius 1 is 1.03 bits per heavy atom. The molecule has 0 unspecified atom stereocenters. The molecule has 0 aliphatic carbocycles. The summed E-state index contributed by atoms with van der Waals surface area (Å²) in [6, 6.07) is 14.5. The number of aromatic nitrogens is 3. The SMILES string of the molecule is CCc1ccc(NC(=O)CSc2nnc([C@@H](NC(=O)c3ccc(OC)cc3)C(C)C)n2CC)cc1. The normalized spacial score (nSPS) is 11.8. The quantitative estimate of drug-likeness (QED) is 0.373. The number of aryl methyl sites for hydroxylation is 1. The van der Waals surface area contributed by atoms with Crippen LogP contribution in [0, 0.1) is 5.92 Å². The van der Waals surface area contributed by atoms with Crippen LogP contribution in [0.5, 0.6) is 5.75 Å². The highest BCUT2D eigenvalue weighted by Gasteiger charge is 2.26. The van der Waals surface area contributed by atoms with Crippen LogP contribution in [0.4, 0.5) is 5.69 Å². The number of amides is 2. The van der Waals surface area contributed by atoms with Gasteiger partial charge in [-0.2, -0.15) is 0 Å². The predicted octanol–water partition coefficient (Wildman–Crippen LogP) is 4.73. The van der Waals surface area contributed by atoms with Gasteiger partial charge in [-0.1, -0.05) is 44.7 Å². The molecule has 0 radical (unpaired) electrons. The Bertz CT molecular complexity index is 1130. The molecule has 1 atom stereocenters. The number of hydrogen-bond donors (Lipinski definition) is 2. The number of nitrogens with one attached hydrogen (secondary N) is 2. The molecule has 3 aromatic rings. The van der Waals surface area contributed by atoms with Gasteiger partial charge < -0.3 is 19.9 Å². The number of methoxy groups -OCH3 is 1. The van der Waals surface area contributed by atoms with E-state index in [1.807, 2.05) is 49.6 Å². The maximum absolute atomic E-state index is 12.9. The van der Waals surface area contributed by atoms with Crippen molar-refractivity contribution >= 4 is 29.3 Å². The third-order valence-corrected chi connectivity index (χ3v) is 6.59. The maximum Gasteiger partial charge on any atom is 0.251 e. The van der Waals surface area contributed by atoms with E-state index < -0.39 is 0 Å². The van der Waals surface area contributed by atoms with Crippen molar-refractivity contribution in [3.63, 3.8) is 0 Å². The number of carbonyl (C=O) groups excluding carboxylic acids is 2. The number of nitrogens with zero attached hydrogens (tertiary/aromatic N) is 3. The van der Waals surface area contributed by atoms with Gasteiger partial charge in [0.15, 0.2) is 11.0 Å². The van der Waals surface area contributed by atoms with Gasteiger partial charge in [0, 0.05) is 17.8 Å². The fourth-order valence-electron chi connectivity index (χ4n) is 3.58. The van der Waals surface area contributed by atoms with Crippen molar-refractivity contribution in [1.29, 1.82) is 0 Å². The predicted molar refractivity (Wildman–Crippen MR) is 139 cm³/mol. The maximum atomic E-state index is 12.9. The van der Waals surface area contributed by atoms with E-state index in [0.29, 0.717) is 28.8 Å². The molecule has 9 heteroatoms. The van der Waals surface area contributed by atoms with Crippen molar-refractivity contribution in [2.75, 3.05) is 18.2 Å². The largest absolute Gasteiger partial charge is 0.497 e. The Balaban J connectivity index is 1.68. The van der Waals surface area contributed by atoms with Crippen molar-refractivity contribution < 1.29 is 14.3 Å². The molecule has 35 heavy (non-hydrogen) atoms. The molecular weight excluding hydrogens is 462 g/mol. The monoisotopic (exact) mass is 495 g/mol. The molecular formula is C26H33N5O3S. The molecule has 0 fully saturated rings. The van der Waals surface area contributed by atoms with Gasteiger partial charge in [0.05, 0.1) is 18.9 Å². The standard InChI is InChI=1S/C26H33N5O3S/c1-6-18-8-12-20(13-9-18)27-22(32)16-35-26-30-29-24(31(26)7-2)23(17(3)4)28-25(33)19-10-14-21(34-5)15-11-19/h8-15,17,23H,6-7,16H2,1-5H3,(H,27,32)(H,28,33)/t23-/m0/s1. The van der Waals surface area contributed by atoms with E-state index in [9.17, 15) is 9.59 Å². The Morgan fingerprint density at radius 2 is 1.71 bits per heavy atom. The molecule has 0 spiro atoms. The van der Waals surface area contributed by atoms with Crippen LogP contribution < -0.4 is 15.4 Å². The topological polar surface area (TPSA) is 98.1 Å². The van der Waals surface area contributed by atoms with Gasteiger partial charge in [-0.15, -0.1) is 10.2 Å². The van der Waals surface area contributed by atoms with Crippen LogP contribution in [0.1, 0.15) is 55.5 Å². The molecule has 186 valence electrons. The van der Waals surface area contributed by atoms with Crippen molar-refractivity contribution in [3.8, 4) is 5.75 Å². The van der Waals surface area contributed by atoms with Crippen LogP contribution in [0.2, 0.25) is 0 Å². The summed E-state index contributed by atoms with van der Waals surface area (Å²) in [5, 5.41) is 15.4. The first-order valence-corrected chi connectivity index (χ1v) is 12.7. The number of thioether (sulfide) groups is 1. The summed E-state index contributed by atoms with van der Waals surface area (Å²) in [5.41, 5.74) is 2.53. The first-order valence-electron chi connectivity index (χ1n) is 11.8. The zero-order valence-corrected chi connectivity index (χ0v) is 21.7. The van der Waals surface area contributed by atoms with Gasteiger partial charge in [-0.3, -0.25) is 9.59 Å². The van der Waals surface area contributed by atoms with Gasteiger partial charge in [0.2, 0.25) is 5.91 Å². The zero-order chi connectivity index (χ0) is 25.4. The van der Waals surface area contributed by atoms with Gasteiger partial charge in [0.25, 0.3) is 5.91 Å². The molecule has 2 amide bonds. The summed E-state index contributed by atoms with van der Waals surface area (Å²) >= 11 is 1.33. The smallest absolute Gasteiger partial charge is 0.251 e. The lowest BCUT2D eigenvalue weighted by molar-refractivity contribution is -0.113. The molecule has 2 N–H and O–H groups in total. The Labute approximate surface area is 210 Å². The van der Waals surface area contributed by atoms with E-state index in [1.54, 1.807) is 31.4 Å². The minimum atomic E-state index is -0.336. The lowest BCUT2D eigenvalue weighted by Crippen LogP contribution is -2.33. The second-order valence-electron chi connectivity index (χ2n) is 8.40. The number of carbonyl (C=O) groups is 2. The summed E-state index contributed by atoms with van der Waals surface area (Å²) in [5.74, 6) is 1.34. The third kappa shape index (κ3) is 6.85. The van der Waals surface area contributed by atoms with E-state index >= 15 is 0 Å². The van der Waals surface area contributed by atoms with Crippen LogP contribution in [-0.4, -0.2) is 39.4 Å². The minimum absolute atomic E-state index is 0.0824. The van der Waals surface area contributed by atoms with Crippen molar-refractivity contribution in [1.82, 2.24) is 20.1 Å². The van der Waals surface area contributed by atoms with E-state index in [2.05, 4.69) is 27.8 Å². The van der Waals surface area contributed by atoms with Crippen LogP contribution in [0.25, 0.3) is 0 Å².